The first-order valence-electron chi connectivity index (χ1n) is 20.1. The summed E-state index contributed by atoms with van der Waals surface area (Å²) in [6.45, 7) is 0. The molecule has 0 saturated carbocycles. The molecule has 0 fully saturated rings. The lowest BCUT2D eigenvalue weighted by Gasteiger charge is -2.26. The largest absolute Gasteiger partial charge is 0.456 e. The van der Waals surface area contributed by atoms with Gasteiger partial charge >= 0.3 is 0 Å². The number of fused-ring (bicyclic) bond motifs is 8. The van der Waals surface area contributed by atoms with E-state index in [9.17, 15) is 0 Å². The van der Waals surface area contributed by atoms with Crippen LogP contribution in [0.3, 0.4) is 0 Å². The van der Waals surface area contributed by atoms with Crippen molar-refractivity contribution in [1.82, 2.24) is 4.98 Å². The number of hydrogen-bond donors (Lipinski definition) is 0. The van der Waals surface area contributed by atoms with E-state index in [1.807, 2.05) is 17.4 Å². The van der Waals surface area contributed by atoms with Gasteiger partial charge in [0.1, 0.15) is 16.2 Å². The minimum Gasteiger partial charge on any atom is -0.456 e. The second kappa shape index (κ2) is 14.2. The number of thiazole rings is 1. The highest BCUT2D eigenvalue weighted by atomic mass is 32.1. The summed E-state index contributed by atoms with van der Waals surface area (Å²) in [5.74, 6) is 0. The van der Waals surface area contributed by atoms with E-state index in [1.165, 1.54) is 42.4 Å². The van der Waals surface area contributed by atoms with Crippen molar-refractivity contribution in [3.63, 3.8) is 0 Å². The van der Waals surface area contributed by atoms with Gasteiger partial charge in [0.2, 0.25) is 0 Å². The summed E-state index contributed by atoms with van der Waals surface area (Å²) in [7, 11) is 0. The third kappa shape index (κ3) is 5.90. The molecule has 0 N–H and O–H groups in total. The number of nitrogens with zero attached hydrogens (tertiary/aromatic N) is 2. The molecular formula is C55H34N2OS2. The average molecular weight is 803 g/mol. The van der Waals surface area contributed by atoms with Crippen LogP contribution in [0.15, 0.2) is 211 Å². The molecule has 0 aliphatic carbocycles. The van der Waals surface area contributed by atoms with Crippen LogP contribution in [0.4, 0.5) is 17.1 Å². The fourth-order valence-electron chi connectivity index (χ4n) is 8.61. The van der Waals surface area contributed by atoms with Crippen LogP contribution in [-0.2, 0) is 0 Å². The third-order valence-corrected chi connectivity index (χ3v) is 13.8. The van der Waals surface area contributed by atoms with Crippen molar-refractivity contribution in [3.05, 3.63) is 206 Å². The molecule has 3 heterocycles. The van der Waals surface area contributed by atoms with Crippen molar-refractivity contribution in [2.24, 2.45) is 0 Å². The SMILES string of the molecule is c1ccc(-c2ccc(N(c3ccc(-c4ccc5oc6ccc7sc(-c8ccccc8)nc7c6c5c4)cc3)c3cccc(-c4cccc5c4sc4ccccc45)c3)cc2)cc1. The zero-order chi connectivity index (χ0) is 39.6. The van der Waals surface area contributed by atoms with E-state index < -0.39 is 0 Å². The Bertz CT molecular complexity index is 3530. The number of hydrogen-bond acceptors (Lipinski definition) is 5. The Kier molecular flexibility index (Phi) is 8.22. The molecule has 282 valence electrons. The summed E-state index contributed by atoms with van der Waals surface area (Å²) >= 11 is 3.59. The van der Waals surface area contributed by atoms with E-state index in [1.54, 1.807) is 11.3 Å². The predicted molar refractivity (Wildman–Crippen MR) is 256 cm³/mol. The van der Waals surface area contributed by atoms with E-state index in [2.05, 4.69) is 205 Å². The second-order valence-corrected chi connectivity index (χ2v) is 17.2. The van der Waals surface area contributed by atoms with Gasteiger partial charge in [-0.1, -0.05) is 140 Å². The fourth-order valence-corrected chi connectivity index (χ4v) is 10.8. The van der Waals surface area contributed by atoms with Crippen LogP contribution in [0.25, 0.3) is 96.3 Å². The molecule has 0 bridgehead atoms. The second-order valence-electron chi connectivity index (χ2n) is 15.1. The number of aromatic nitrogens is 1. The van der Waals surface area contributed by atoms with Crippen molar-refractivity contribution >= 4 is 92.1 Å². The zero-order valence-electron chi connectivity index (χ0n) is 32.2. The number of anilines is 3. The molecule has 0 aliphatic heterocycles. The van der Waals surface area contributed by atoms with Crippen LogP contribution in [0.2, 0.25) is 0 Å². The molecule has 0 radical (unpaired) electrons. The Morgan fingerprint density at radius 2 is 1.00 bits per heavy atom. The van der Waals surface area contributed by atoms with Crippen molar-refractivity contribution in [2.45, 2.75) is 0 Å². The van der Waals surface area contributed by atoms with E-state index in [0.29, 0.717) is 0 Å². The van der Waals surface area contributed by atoms with Gasteiger partial charge in [-0.3, -0.25) is 0 Å². The summed E-state index contributed by atoms with van der Waals surface area (Å²) < 4.78 is 10.2. The third-order valence-electron chi connectivity index (χ3n) is 11.5. The van der Waals surface area contributed by atoms with Gasteiger partial charge in [-0.05, 0) is 100 Å². The molecule has 0 atom stereocenters. The van der Waals surface area contributed by atoms with Crippen molar-refractivity contribution in [2.75, 3.05) is 4.90 Å². The zero-order valence-corrected chi connectivity index (χ0v) is 33.9. The van der Waals surface area contributed by atoms with Gasteiger partial charge in [0.15, 0.2) is 0 Å². The van der Waals surface area contributed by atoms with Crippen LogP contribution in [0, 0.1) is 0 Å². The molecule has 0 spiro atoms. The van der Waals surface area contributed by atoms with E-state index >= 15 is 0 Å². The summed E-state index contributed by atoms with van der Waals surface area (Å²) in [4.78, 5) is 7.52. The van der Waals surface area contributed by atoms with Gasteiger partial charge in [-0.15, -0.1) is 22.7 Å². The van der Waals surface area contributed by atoms with Crippen molar-refractivity contribution in [1.29, 1.82) is 0 Å². The molecule has 0 unspecified atom stereocenters. The van der Waals surface area contributed by atoms with Crippen molar-refractivity contribution in [3.8, 4) is 44.0 Å². The lowest BCUT2D eigenvalue weighted by Crippen LogP contribution is -2.10. The monoisotopic (exact) mass is 802 g/mol. The number of thiophene rings is 1. The summed E-state index contributed by atoms with van der Waals surface area (Å²) in [5.41, 5.74) is 14.2. The predicted octanol–water partition coefficient (Wildman–Crippen LogP) is 16.7. The molecular weight excluding hydrogens is 769 g/mol. The Balaban J connectivity index is 0.951. The Labute approximate surface area is 354 Å². The minimum atomic E-state index is 0.856. The maximum atomic E-state index is 6.39. The summed E-state index contributed by atoms with van der Waals surface area (Å²) in [6.07, 6.45) is 0. The van der Waals surface area contributed by atoms with Crippen LogP contribution in [-0.4, -0.2) is 4.98 Å². The molecule has 0 aliphatic rings. The minimum absolute atomic E-state index is 0.856. The molecule has 12 rings (SSSR count). The summed E-state index contributed by atoms with van der Waals surface area (Å²) in [5, 5.41) is 5.77. The highest BCUT2D eigenvalue weighted by Gasteiger charge is 2.18. The first-order chi connectivity index (χ1) is 29.7. The van der Waals surface area contributed by atoms with Gasteiger partial charge < -0.3 is 9.32 Å². The molecule has 12 aromatic rings. The summed E-state index contributed by atoms with van der Waals surface area (Å²) in [6, 6.07) is 73.9. The van der Waals surface area contributed by atoms with Gasteiger partial charge in [-0.2, -0.15) is 0 Å². The molecule has 3 aromatic heterocycles. The van der Waals surface area contributed by atoms with Crippen molar-refractivity contribution < 1.29 is 4.42 Å². The highest BCUT2D eigenvalue weighted by molar-refractivity contribution is 7.26. The highest BCUT2D eigenvalue weighted by Crippen LogP contribution is 2.44. The Hall–Kier alpha value is -7.31. The Morgan fingerprint density at radius 1 is 0.383 bits per heavy atom. The molecule has 0 saturated heterocycles. The molecule has 0 amide bonds. The first kappa shape index (κ1) is 34.7. The standard InChI is InChI=1S/C55H34N2OS2/c1-3-11-35(12-4-1)36-21-26-41(27-22-36)57(43-16-9-15-40(33-43)44-18-10-19-46-45-17-7-8-20-50(45)59-54(44)46)42-28-23-37(24-29-42)39-25-30-48-47(34-39)52-49(58-48)31-32-51-53(52)56-55(60-51)38-13-5-2-6-14-38/h1-34H. The number of rotatable bonds is 7. The van der Waals surface area contributed by atoms with Crippen LogP contribution >= 0.6 is 22.7 Å². The number of benzene rings is 9. The van der Waals surface area contributed by atoms with Gasteiger partial charge in [0.05, 0.1) is 15.6 Å². The smallest absolute Gasteiger partial charge is 0.137 e. The van der Waals surface area contributed by atoms with E-state index in [4.69, 9.17) is 9.40 Å². The first-order valence-corrected chi connectivity index (χ1v) is 21.7. The lowest BCUT2D eigenvalue weighted by molar-refractivity contribution is 0.669. The van der Waals surface area contributed by atoms with Crippen LogP contribution in [0.1, 0.15) is 0 Å². The maximum absolute atomic E-state index is 6.39. The molecule has 5 heteroatoms. The topological polar surface area (TPSA) is 29.3 Å². The van der Waals surface area contributed by atoms with Gasteiger partial charge in [0.25, 0.3) is 0 Å². The fraction of sp³-hybridized carbons (Fsp3) is 0. The molecule has 9 aromatic carbocycles. The van der Waals surface area contributed by atoms with Crippen LogP contribution < -0.4 is 4.90 Å². The Morgan fingerprint density at radius 3 is 1.78 bits per heavy atom. The maximum Gasteiger partial charge on any atom is 0.137 e. The van der Waals surface area contributed by atoms with Crippen LogP contribution in [0.5, 0.6) is 0 Å². The normalized spacial score (nSPS) is 11.7. The average Bonchev–Trinajstić information content (AvgIpc) is 4.04. The molecule has 60 heavy (non-hydrogen) atoms. The quantitative estimate of drug-likeness (QED) is 0.161. The number of furan rings is 1. The van der Waals surface area contributed by atoms with Gasteiger partial charge in [-0.25, -0.2) is 4.98 Å². The lowest BCUT2D eigenvalue weighted by atomic mass is 10.0. The molecule has 3 nitrogen and oxygen atoms in total. The van der Waals surface area contributed by atoms with E-state index in [0.717, 1.165) is 70.9 Å². The van der Waals surface area contributed by atoms with Gasteiger partial charge in [0, 0.05) is 48.2 Å². The van der Waals surface area contributed by atoms with E-state index in [-0.39, 0.29) is 0 Å².